The fourth-order valence-electron chi connectivity index (χ4n) is 2.18. The summed E-state index contributed by atoms with van der Waals surface area (Å²) in [6, 6.07) is 5.80. The van der Waals surface area contributed by atoms with E-state index in [1.165, 1.54) is 24.1 Å². The second kappa shape index (κ2) is 7.04. The number of methoxy groups -OCH3 is 1. The number of amides is 1. The van der Waals surface area contributed by atoms with Gasteiger partial charge in [-0.05, 0) is 26.0 Å². The third-order valence-electron chi connectivity index (χ3n) is 3.41. The van der Waals surface area contributed by atoms with Gasteiger partial charge in [-0.15, -0.1) is 0 Å². The molecule has 1 heterocycles. The summed E-state index contributed by atoms with van der Waals surface area (Å²) in [5.74, 6) is -1.21. The highest BCUT2D eigenvalue weighted by Gasteiger charge is 2.19. The molecule has 0 fully saturated rings. The molecular weight excluding hydrogens is 301 g/mol. The smallest absolute Gasteiger partial charge is 0.307 e. The molecule has 0 saturated heterocycles. The number of hydrogen-bond donors (Lipinski definition) is 1. The van der Waals surface area contributed by atoms with Crippen molar-refractivity contribution in [2.75, 3.05) is 7.11 Å². The lowest BCUT2D eigenvalue weighted by Crippen LogP contribution is -2.34. The molecular formula is C16H18FN3O3. The Morgan fingerprint density at radius 3 is 2.74 bits per heavy atom. The van der Waals surface area contributed by atoms with Crippen LogP contribution in [0.3, 0.4) is 0 Å². The predicted octanol–water partition coefficient (Wildman–Crippen LogP) is 2.00. The molecule has 23 heavy (non-hydrogen) atoms. The summed E-state index contributed by atoms with van der Waals surface area (Å²) >= 11 is 0. The highest BCUT2D eigenvalue weighted by molar-refractivity contribution is 5.95. The van der Waals surface area contributed by atoms with Crippen LogP contribution >= 0.6 is 0 Å². The lowest BCUT2D eigenvalue weighted by molar-refractivity contribution is -0.141. The van der Waals surface area contributed by atoms with Gasteiger partial charge >= 0.3 is 5.97 Å². The number of carbonyl (C=O) groups excluding carboxylic acids is 2. The van der Waals surface area contributed by atoms with E-state index in [-0.39, 0.29) is 24.1 Å². The number of nitrogens with zero attached hydrogens (tertiary/aromatic N) is 2. The molecule has 0 spiro atoms. The van der Waals surface area contributed by atoms with E-state index in [4.69, 9.17) is 0 Å². The van der Waals surface area contributed by atoms with Gasteiger partial charge in [0, 0.05) is 6.04 Å². The Balaban J connectivity index is 2.17. The van der Waals surface area contributed by atoms with Crippen LogP contribution in [0.25, 0.3) is 5.69 Å². The molecule has 0 bridgehead atoms. The SMILES string of the molecule is COC(=O)CC(C)NC(=O)c1cnn(-c2ccccc2F)c1C. The first-order valence-electron chi connectivity index (χ1n) is 7.11. The number of halogens is 1. The van der Waals surface area contributed by atoms with Crippen LogP contribution in [-0.2, 0) is 9.53 Å². The van der Waals surface area contributed by atoms with Crippen LogP contribution in [0, 0.1) is 12.7 Å². The number of rotatable bonds is 5. The third-order valence-corrected chi connectivity index (χ3v) is 3.41. The van der Waals surface area contributed by atoms with E-state index in [1.807, 2.05) is 0 Å². The molecule has 0 radical (unpaired) electrons. The van der Waals surface area contributed by atoms with Crippen molar-refractivity contribution in [1.82, 2.24) is 15.1 Å². The average Bonchev–Trinajstić information content (AvgIpc) is 2.89. The van der Waals surface area contributed by atoms with Gasteiger partial charge in [-0.25, -0.2) is 9.07 Å². The third kappa shape index (κ3) is 3.74. The lowest BCUT2D eigenvalue weighted by atomic mass is 10.2. The highest BCUT2D eigenvalue weighted by atomic mass is 19.1. The summed E-state index contributed by atoms with van der Waals surface area (Å²) in [6.07, 6.45) is 1.45. The van der Waals surface area contributed by atoms with Crippen molar-refractivity contribution in [1.29, 1.82) is 0 Å². The molecule has 1 aromatic carbocycles. The van der Waals surface area contributed by atoms with Crippen molar-refractivity contribution < 1.29 is 18.7 Å². The second-order valence-corrected chi connectivity index (χ2v) is 5.16. The van der Waals surface area contributed by atoms with Gasteiger partial charge in [-0.2, -0.15) is 5.10 Å². The minimum absolute atomic E-state index is 0.0722. The molecule has 0 aliphatic heterocycles. The summed E-state index contributed by atoms with van der Waals surface area (Å²) in [5, 5.41) is 6.77. The minimum atomic E-state index is -0.426. The first-order chi connectivity index (χ1) is 10.9. The molecule has 1 aromatic heterocycles. The van der Waals surface area contributed by atoms with Crippen molar-refractivity contribution in [2.45, 2.75) is 26.3 Å². The number of hydrogen-bond acceptors (Lipinski definition) is 4. The summed E-state index contributed by atoms with van der Waals surface area (Å²) in [7, 11) is 1.29. The van der Waals surface area contributed by atoms with Crippen LogP contribution in [0.15, 0.2) is 30.5 Å². The molecule has 1 atom stereocenters. The van der Waals surface area contributed by atoms with Gasteiger partial charge in [-0.3, -0.25) is 9.59 Å². The molecule has 122 valence electrons. The van der Waals surface area contributed by atoms with E-state index >= 15 is 0 Å². The maximum Gasteiger partial charge on any atom is 0.307 e. The van der Waals surface area contributed by atoms with Crippen molar-refractivity contribution in [3.05, 3.63) is 47.5 Å². The van der Waals surface area contributed by atoms with Crippen LogP contribution in [0.4, 0.5) is 4.39 Å². The summed E-state index contributed by atoms with van der Waals surface area (Å²) in [4.78, 5) is 23.5. The van der Waals surface area contributed by atoms with Gasteiger partial charge in [0.2, 0.25) is 0 Å². The molecule has 1 N–H and O–H groups in total. The Labute approximate surface area is 133 Å². The number of esters is 1. The molecule has 0 aliphatic carbocycles. The van der Waals surface area contributed by atoms with E-state index in [0.29, 0.717) is 11.3 Å². The molecule has 2 rings (SSSR count). The quantitative estimate of drug-likeness (QED) is 0.856. The number of carbonyl (C=O) groups is 2. The van der Waals surface area contributed by atoms with E-state index in [0.717, 1.165) is 0 Å². The fourth-order valence-corrected chi connectivity index (χ4v) is 2.18. The second-order valence-electron chi connectivity index (χ2n) is 5.16. The Morgan fingerprint density at radius 1 is 1.39 bits per heavy atom. The van der Waals surface area contributed by atoms with E-state index in [9.17, 15) is 14.0 Å². The summed E-state index contributed by atoms with van der Waals surface area (Å²) < 4.78 is 19.8. The number of nitrogens with one attached hydrogen (secondary N) is 1. The van der Waals surface area contributed by atoms with Crippen molar-refractivity contribution in [3.63, 3.8) is 0 Å². The van der Waals surface area contributed by atoms with Crippen LogP contribution in [0.1, 0.15) is 29.4 Å². The number of aromatic nitrogens is 2. The average molecular weight is 319 g/mol. The Bertz CT molecular complexity index is 727. The van der Waals surface area contributed by atoms with Crippen LogP contribution in [-0.4, -0.2) is 34.8 Å². The van der Waals surface area contributed by atoms with E-state index in [2.05, 4.69) is 15.2 Å². The maximum absolute atomic E-state index is 13.8. The topological polar surface area (TPSA) is 73.2 Å². The maximum atomic E-state index is 13.8. The zero-order valence-corrected chi connectivity index (χ0v) is 13.2. The Hall–Kier alpha value is -2.70. The first kappa shape index (κ1) is 16.7. The fraction of sp³-hybridized carbons (Fsp3) is 0.312. The number of ether oxygens (including phenoxy) is 1. The normalized spacial score (nSPS) is 11.8. The van der Waals surface area contributed by atoms with Gasteiger partial charge in [0.05, 0.1) is 31.0 Å². The Kier molecular flexibility index (Phi) is 5.10. The highest BCUT2D eigenvalue weighted by Crippen LogP contribution is 2.17. The number of benzene rings is 1. The van der Waals surface area contributed by atoms with E-state index in [1.54, 1.807) is 32.0 Å². The molecule has 6 nitrogen and oxygen atoms in total. The minimum Gasteiger partial charge on any atom is -0.469 e. The predicted molar refractivity (Wildman–Crippen MR) is 81.8 cm³/mol. The first-order valence-corrected chi connectivity index (χ1v) is 7.11. The van der Waals surface area contributed by atoms with Gasteiger partial charge in [0.25, 0.3) is 5.91 Å². The van der Waals surface area contributed by atoms with Gasteiger partial charge in [0.1, 0.15) is 11.5 Å². The summed E-state index contributed by atoms with van der Waals surface area (Å²) in [5.41, 5.74) is 1.11. The molecule has 1 unspecified atom stereocenters. The summed E-state index contributed by atoms with van der Waals surface area (Å²) in [6.45, 7) is 3.38. The van der Waals surface area contributed by atoms with Crippen LogP contribution in [0.2, 0.25) is 0 Å². The molecule has 0 saturated carbocycles. The van der Waals surface area contributed by atoms with Crippen molar-refractivity contribution >= 4 is 11.9 Å². The van der Waals surface area contributed by atoms with Crippen molar-refractivity contribution in [3.8, 4) is 5.69 Å². The van der Waals surface area contributed by atoms with E-state index < -0.39 is 11.8 Å². The van der Waals surface area contributed by atoms with Crippen molar-refractivity contribution in [2.24, 2.45) is 0 Å². The van der Waals surface area contributed by atoms with Gasteiger partial charge in [-0.1, -0.05) is 12.1 Å². The van der Waals surface area contributed by atoms with Gasteiger partial charge in [0.15, 0.2) is 0 Å². The van der Waals surface area contributed by atoms with Crippen LogP contribution in [0.5, 0.6) is 0 Å². The monoisotopic (exact) mass is 319 g/mol. The molecule has 0 aliphatic rings. The molecule has 2 aromatic rings. The zero-order valence-electron chi connectivity index (χ0n) is 13.2. The lowest BCUT2D eigenvalue weighted by Gasteiger charge is -2.12. The molecule has 1 amide bonds. The molecule has 7 heteroatoms. The zero-order chi connectivity index (χ0) is 17.0. The largest absolute Gasteiger partial charge is 0.469 e. The van der Waals surface area contributed by atoms with Crippen LogP contribution < -0.4 is 5.32 Å². The van der Waals surface area contributed by atoms with Gasteiger partial charge < -0.3 is 10.1 Å². The number of para-hydroxylation sites is 1. The Morgan fingerprint density at radius 2 is 2.09 bits per heavy atom. The standard InChI is InChI=1S/C16H18FN3O3/c1-10(8-15(21)23-3)19-16(22)12-9-18-20(11(12)2)14-7-5-4-6-13(14)17/h4-7,9-10H,8H2,1-3H3,(H,19,22).